The molecule has 0 amide bonds. The van der Waals surface area contributed by atoms with E-state index in [4.69, 9.17) is 5.26 Å². The van der Waals surface area contributed by atoms with E-state index in [2.05, 4.69) is 29.1 Å². The first-order chi connectivity index (χ1) is 7.81. The van der Waals surface area contributed by atoms with Crippen LogP contribution in [0.2, 0.25) is 0 Å². The highest BCUT2D eigenvalue weighted by Gasteiger charge is 2.30. The number of hydrogen-bond acceptors (Lipinski definition) is 3. The Labute approximate surface area is 96.7 Å². The lowest BCUT2D eigenvalue weighted by Crippen LogP contribution is -2.33. The summed E-state index contributed by atoms with van der Waals surface area (Å²) in [5.74, 6) is 0.210. The second kappa shape index (κ2) is 5.09. The molecule has 0 radical (unpaired) electrons. The molecule has 0 saturated heterocycles. The molecule has 1 aliphatic rings. The topological polar surface area (TPSA) is 39.9 Å². The van der Waals surface area contributed by atoms with Crippen LogP contribution < -0.4 is 0 Å². The Morgan fingerprint density at radius 1 is 1.56 bits per heavy atom. The molecule has 1 saturated carbocycles. The minimum absolute atomic E-state index is 0.210. The second-order valence-corrected chi connectivity index (χ2v) is 4.51. The van der Waals surface area contributed by atoms with Gasteiger partial charge in [-0.25, -0.2) is 0 Å². The summed E-state index contributed by atoms with van der Waals surface area (Å²) in [5.41, 5.74) is 1.22. The van der Waals surface area contributed by atoms with Crippen molar-refractivity contribution in [3.8, 4) is 6.07 Å². The van der Waals surface area contributed by atoms with Crippen LogP contribution in [0, 0.1) is 17.2 Å². The summed E-state index contributed by atoms with van der Waals surface area (Å²) in [6, 6.07) is 6.89. The van der Waals surface area contributed by atoms with Crippen molar-refractivity contribution in [1.29, 1.82) is 5.26 Å². The van der Waals surface area contributed by atoms with Gasteiger partial charge in [-0.15, -0.1) is 0 Å². The smallest absolute Gasteiger partial charge is 0.0672 e. The monoisotopic (exact) mass is 215 g/mol. The van der Waals surface area contributed by atoms with Gasteiger partial charge in [-0.05, 0) is 31.5 Å². The molecule has 0 aromatic carbocycles. The van der Waals surface area contributed by atoms with Crippen molar-refractivity contribution >= 4 is 0 Å². The molecule has 1 heterocycles. The van der Waals surface area contributed by atoms with Gasteiger partial charge in [-0.2, -0.15) is 5.26 Å². The van der Waals surface area contributed by atoms with E-state index < -0.39 is 0 Å². The maximum atomic E-state index is 9.06. The van der Waals surface area contributed by atoms with Crippen LogP contribution in [-0.4, -0.2) is 23.0 Å². The molecule has 1 aromatic rings. The van der Waals surface area contributed by atoms with Gasteiger partial charge in [0.25, 0.3) is 0 Å². The van der Waals surface area contributed by atoms with Gasteiger partial charge in [0.2, 0.25) is 0 Å². The standard InChI is InChI=1S/C13H17N3/c1-16(10-11-4-3-7-15-9-11)13-6-2-5-12(13)8-14/h3-4,7,9,12-13H,2,5-6,10H2,1H3. The molecule has 1 aromatic heterocycles. The predicted molar refractivity (Wildman–Crippen MR) is 62.4 cm³/mol. The number of nitrogens with zero attached hydrogens (tertiary/aromatic N) is 3. The number of rotatable bonds is 3. The molecule has 3 heteroatoms. The van der Waals surface area contributed by atoms with Crippen molar-refractivity contribution in [3.63, 3.8) is 0 Å². The Balaban J connectivity index is 1.98. The highest BCUT2D eigenvalue weighted by Crippen LogP contribution is 2.29. The summed E-state index contributed by atoms with van der Waals surface area (Å²) < 4.78 is 0. The second-order valence-electron chi connectivity index (χ2n) is 4.51. The van der Waals surface area contributed by atoms with Gasteiger partial charge in [0.1, 0.15) is 0 Å². The van der Waals surface area contributed by atoms with E-state index in [1.165, 1.54) is 12.0 Å². The van der Waals surface area contributed by atoms with Crippen molar-refractivity contribution in [2.75, 3.05) is 7.05 Å². The van der Waals surface area contributed by atoms with E-state index in [1.807, 2.05) is 12.3 Å². The molecule has 2 atom stereocenters. The number of hydrogen-bond donors (Lipinski definition) is 0. The van der Waals surface area contributed by atoms with Gasteiger partial charge in [-0.1, -0.05) is 12.5 Å². The Hall–Kier alpha value is -1.40. The Bertz CT molecular complexity index is 369. The van der Waals surface area contributed by atoms with E-state index in [-0.39, 0.29) is 5.92 Å². The molecule has 1 fully saturated rings. The zero-order valence-corrected chi connectivity index (χ0v) is 9.63. The van der Waals surface area contributed by atoms with Gasteiger partial charge >= 0.3 is 0 Å². The fourth-order valence-electron chi connectivity index (χ4n) is 2.52. The molecular weight excluding hydrogens is 198 g/mol. The minimum atomic E-state index is 0.210. The Morgan fingerprint density at radius 3 is 3.12 bits per heavy atom. The Kier molecular flexibility index (Phi) is 3.53. The lowest BCUT2D eigenvalue weighted by molar-refractivity contribution is 0.212. The van der Waals surface area contributed by atoms with Crippen molar-refractivity contribution in [3.05, 3.63) is 30.1 Å². The van der Waals surface area contributed by atoms with E-state index >= 15 is 0 Å². The quantitative estimate of drug-likeness (QED) is 0.776. The lowest BCUT2D eigenvalue weighted by Gasteiger charge is -2.26. The summed E-state index contributed by atoms with van der Waals surface area (Å²) in [4.78, 5) is 6.40. The first kappa shape index (κ1) is 11.1. The normalized spacial score (nSPS) is 24.6. The zero-order chi connectivity index (χ0) is 11.4. The molecule has 0 N–H and O–H groups in total. The van der Waals surface area contributed by atoms with E-state index in [1.54, 1.807) is 6.20 Å². The number of pyridine rings is 1. The molecule has 84 valence electrons. The molecule has 0 bridgehead atoms. The first-order valence-corrected chi connectivity index (χ1v) is 5.80. The van der Waals surface area contributed by atoms with Crippen LogP contribution in [0.3, 0.4) is 0 Å². The molecule has 3 nitrogen and oxygen atoms in total. The third-order valence-electron chi connectivity index (χ3n) is 3.37. The Morgan fingerprint density at radius 2 is 2.44 bits per heavy atom. The predicted octanol–water partition coefficient (Wildman–Crippen LogP) is 2.21. The van der Waals surface area contributed by atoms with Gasteiger partial charge < -0.3 is 0 Å². The number of aromatic nitrogens is 1. The van der Waals surface area contributed by atoms with Crippen molar-refractivity contribution in [1.82, 2.24) is 9.88 Å². The van der Waals surface area contributed by atoms with Crippen molar-refractivity contribution < 1.29 is 0 Å². The highest BCUT2D eigenvalue weighted by molar-refractivity contribution is 5.09. The average molecular weight is 215 g/mol. The minimum Gasteiger partial charge on any atom is -0.298 e. The highest BCUT2D eigenvalue weighted by atomic mass is 15.1. The maximum absolute atomic E-state index is 9.06. The van der Waals surface area contributed by atoms with Gasteiger partial charge in [0, 0.05) is 25.0 Å². The zero-order valence-electron chi connectivity index (χ0n) is 9.63. The average Bonchev–Trinajstić information content (AvgIpc) is 2.78. The third-order valence-corrected chi connectivity index (χ3v) is 3.37. The fraction of sp³-hybridized carbons (Fsp3) is 0.538. The summed E-state index contributed by atoms with van der Waals surface area (Å²) in [7, 11) is 2.10. The lowest BCUT2D eigenvalue weighted by atomic mass is 10.0. The summed E-state index contributed by atoms with van der Waals surface area (Å²) >= 11 is 0. The summed E-state index contributed by atoms with van der Waals surface area (Å²) in [5, 5.41) is 9.06. The number of nitriles is 1. The van der Waals surface area contributed by atoms with Crippen LogP contribution >= 0.6 is 0 Å². The largest absolute Gasteiger partial charge is 0.298 e. The van der Waals surface area contributed by atoms with Gasteiger partial charge in [-0.3, -0.25) is 9.88 Å². The third kappa shape index (κ3) is 2.40. The molecule has 0 spiro atoms. The fourth-order valence-corrected chi connectivity index (χ4v) is 2.52. The molecule has 1 aliphatic carbocycles. The van der Waals surface area contributed by atoms with E-state index in [0.29, 0.717) is 6.04 Å². The molecule has 2 rings (SSSR count). The van der Waals surface area contributed by atoms with Crippen molar-refractivity contribution in [2.24, 2.45) is 5.92 Å². The van der Waals surface area contributed by atoms with Crippen LogP contribution in [-0.2, 0) is 6.54 Å². The SMILES string of the molecule is CN(Cc1cccnc1)C1CCCC1C#N. The van der Waals surface area contributed by atoms with Crippen LogP contribution in [0.1, 0.15) is 24.8 Å². The molecule has 16 heavy (non-hydrogen) atoms. The van der Waals surface area contributed by atoms with Crippen LogP contribution in [0.4, 0.5) is 0 Å². The maximum Gasteiger partial charge on any atom is 0.0672 e. The first-order valence-electron chi connectivity index (χ1n) is 5.80. The van der Waals surface area contributed by atoms with Crippen LogP contribution in [0.5, 0.6) is 0 Å². The summed E-state index contributed by atoms with van der Waals surface area (Å²) in [6.07, 6.45) is 7.07. The van der Waals surface area contributed by atoms with Crippen LogP contribution in [0.15, 0.2) is 24.5 Å². The summed E-state index contributed by atoms with van der Waals surface area (Å²) in [6.45, 7) is 0.886. The molecular formula is C13H17N3. The van der Waals surface area contributed by atoms with Gasteiger partial charge in [0.05, 0.1) is 12.0 Å². The van der Waals surface area contributed by atoms with E-state index in [0.717, 1.165) is 19.4 Å². The molecule has 0 aliphatic heterocycles. The molecule has 2 unspecified atom stereocenters. The van der Waals surface area contributed by atoms with E-state index in [9.17, 15) is 0 Å². The van der Waals surface area contributed by atoms with Crippen molar-refractivity contribution in [2.45, 2.75) is 31.8 Å². The van der Waals surface area contributed by atoms with Crippen LogP contribution in [0.25, 0.3) is 0 Å². The van der Waals surface area contributed by atoms with Gasteiger partial charge in [0.15, 0.2) is 0 Å².